The number of esters is 1. The highest BCUT2D eigenvalue weighted by Crippen LogP contribution is 2.16. The maximum atomic E-state index is 12.2. The van der Waals surface area contributed by atoms with Gasteiger partial charge in [-0.2, -0.15) is 0 Å². The Bertz CT molecular complexity index is 448. The quantitative estimate of drug-likeness (QED) is 0.742. The monoisotopic (exact) mass is 292 g/mol. The molecule has 116 valence electrons. The fraction of sp³-hybridized carbons (Fsp3) is 0.500. The van der Waals surface area contributed by atoms with Crippen LogP contribution >= 0.6 is 0 Å². The summed E-state index contributed by atoms with van der Waals surface area (Å²) in [5, 5.41) is 0. The Balaban J connectivity index is 2.51. The minimum absolute atomic E-state index is 0.00372. The number of benzene rings is 1. The topological polar surface area (TPSA) is 72.6 Å². The van der Waals surface area contributed by atoms with E-state index in [4.69, 9.17) is 5.73 Å². The first-order valence-corrected chi connectivity index (χ1v) is 7.23. The zero-order chi connectivity index (χ0) is 15.7. The Morgan fingerprint density at radius 3 is 2.52 bits per heavy atom. The first-order valence-electron chi connectivity index (χ1n) is 7.23. The van der Waals surface area contributed by atoms with Gasteiger partial charge in [0, 0.05) is 19.0 Å². The van der Waals surface area contributed by atoms with E-state index in [0.29, 0.717) is 19.4 Å². The molecule has 1 atom stereocenters. The van der Waals surface area contributed by atoms with E-state index in [9.17, 15) is 9.59 Å². The molecule has 1 rings (SSSR count). The van der Waals surface area contributed by atoms with Crippen LogP contribution in [0.15, 0.2) is 30.3 Å². The molecular weight excluding hydrogens is 268 g/mol. The number of amides is 1. The molecule has 1 aromatic rings. The van der Waals surface area contributed by atoms with Crippen LogP contribution in [-0.2, 0) is 14.3 Å². The highest BCUT2D eigenvalue weighted by atomic mass is 16.5. The number of hydrogen-bond acceptors (Lipinski definition) is 4. The Kier molecular flexibility index (Phi) is 7.46. The first-order chi connectivity index (χ1) is 10.1. The van der Waals surface area contributed by atoms with Gasteiger partial charge in [-0.25, -0.2) is 0 Å². The van der Waals surface area contributed by atoms with Crippen molar-refractivity contribution in [3.8, 4) is 0 Å². The van der Waals surface area contributed by atoms with Gasteiger partial charge in [-0.15, -0.1) is 0 Å². The maximum Gasteiger partial charge on any atom is 0.325 e. The molecule has 0 radical (unpaired) electrons. The predicted molar refractivity (Wildman–Crippen MR) is 81.5 cm³/mol. The fourth-order valence-electron chi connectivity index (χ4n) is 2.09. The van der Waals surface area contributed by atoms with Crippen molar-refractivity contribution >= 4 is 11.9 Å². The van der Waals surface area contributed by atoms with Gasteiger partial charge in [0.1, 0.15) is 6.54 Å². The molecule has 5 nitrogen and oxygen atoms in total. The Hall–Kier alpha value is -1.88. The molecule has 0 bridgehead atoms. The number of carbonyl (C=O) groups excluding carboxylic acids is 2. The maximum absolute atomic E-state index is 12.2. The van der Waals surface area contributed by atoms with Crippen LogP contribution in [0.25, 0.3) is 0 Å². The van der Waals surface area contributed by atoms with Crippen LogP contribution in [-0.4, -0.2) is 37.0 Å². The zero-order valence-electron chi connectivity index (χ0n) is 12.7. The number of hydrogen-bond donors (Lipinski definition) is 1. The van der Waals surface area contributed by atoms with E-state index in [1.165, 1.54) is 12.0 Å². The standard InChI is InChI=1S/C16H24N2O3/c1-3-11-18(12-16(20)21-2)15(19)10-9-14(17)13-7-5-4-6-8-13/h4-8,14H,3,9-12,17H2,1-2H3. The molecular formula is C16H24N2O3. The molecule has 5 heteroatoms. The predicted octanol–water partition coefficient (Wildman–Crippen LogP) is 1.88. The molecule has 1 aromatic carbocycles. The summed E-state index contributed by atoms with van der Waals surface area (Å²) in [6.45, 7) is 2.52. The van der Waals surface area contributed by atoms with Crippen molar-refractivity contribution < 1.29 is 14.3 Å². The Morgan fingerprint density at radius 2 is 1.95 bits per heavy atom. The Labute approximate surface area is 126 Å². The van der Waals surface area contributed by atoms with Gasteiger partial charge in [-0.05, 0) is 18.4 Å². The van der Waals surface area contributed by atoms with Crippen molar-refractivity contribution in [1.82, 2.24) is 4.90 Å². The molecule has 0 aliphatic heterocycles. The van der Waals surface area contributed by atoms with Crippen molar-refractivity contribution in [2.75, 3.05) is 20.2 Å². The van der Waals surface area contributed by atoms with Crippen LogP contribution in [0.1, 0.15) is 37.8 Å². The lowest BCUT2D eigenvalue weighted by Crippen LogP contribution is -2.37. The van der Waals surface area contributed by atoms with Crippen LogP contribution < -0.4 is 5.73 Å². The molecule has 0 aliphatic carbocycles. The lowest BCUT2D eigenvalue weighted by Gasteiger charge is -2.21. The number of nitrogens with zero attached hydrogens (tertiary/aromatic N) is 1. The van der Waals surface area contributed by atoms with Crippen LogP contribution in [0, 0.1) is 0 Å². The first kappa shape index (κ1) is 17.2. The lowest BCUT2D eigenvalue weighted by atomic mass is 10.0. The van der Waals surface area contributed by atoms with Crippen LogP contribution in [0.3, 0.4) is 0 Å². The summed E-state index contributed by atoms with van der Waals surface area (Å²) in [5.41, 5.74) is 7.10. The van der Waals surface area contributed by atoms with E-state index >= 15 is 0 Å². The second kappa shape index (κ2) is 9.13. The minimum atomic E-state index is -0.399. The van der Waals surface area contributed by atoms with Crippen molar-refractivity contribution in [2.45, 2.75) is 32.2 Å². The molecule has 1 amide bonds. The third-order valence-corrected chi connectivity index (χ3v) is 3.29. The molecule has 2 N–H and O–H groups in total. The van der Waals surface area contributed by atoms with E-state index in [0.717, 1.165) is 12.0 Å². The summed E-state index contributed by atoms with van der Waals surface area (Å²) in [7, 11) is 1.32. The molecule has 0 fully saturated rings. The van der Waals surface area contributed by atoms with Gasteiger partial charge in [0.25, 0.3) is 0 Å². The van der Waals surface area contributed by atoms with E-state index in [1.54, 1.807) is 0 Å². The zero-order valence-corrected chi connectivity index (χ0v) is 12.7. The minimum Gasteiger partial charge on any atom is -0.468 e. The van der Waals surface area contributed by atoms with Crippen LogP contribution in [0.4, 0.5) is 0 Å². The molecule has 0 aliphatic rings. The van der Waals surface area contributed by atoms with Crippen molar-refractivity contribution in [3.63, 3.8) is 0 Å². The molecule has 21 heavy (non-hydrogen) atoms. The van der Waals surface area contributed by atoms with Crippen molar-refractivity contribution in [1.29, 1.82) is 0 Å². The molecule has 0 spiro atoms. The van der Waals surface area contributed by atoms with E-state index < -0.39 is 5.97 Å². The third-order valence-electron chi connectivity index (χ3n) is 3.29. The van der Waals surface area contributed by atoms with Gasteiger partial charge < -0.3 is 15.4 Å². The molecule has 0 saturated carbocycles. The van der Waals surface area contributed by atoms with E-state index in [1.807, 2.05) is 37.3 Å². The fourth-order valence-corrected chi connectivity index (χ4v) is 2.09. The average Bonchev–Trinajstić information content (AvgIpc) is 2.52. The second-order valence-corrected chi connectivity index (χ2v) is 4.95. The van der Waals surface area contributed by atoms with Crippen LogP contribution in [0.2, 0.25) is 0 Å². The van der Waals surface area contributed by atoms with E-state index in [-0.39, 0.29) is 18.5 Å². The molecule has 0 heterocycles. The SMILES string of the molecule is CCCN(CC(=O)OC)C(=O)CCC(N)c1ccccc1. The average molecular weight is 292 g/mol. The summed E-state index contributed by atoms with van der Waals surface area (Å²) < 4.78 is 4.61. The van der Waals surface area contributed by atoms with Crippen molar-refractivity contribution in [2.24, 2.45) is 5.73 Å². The normalized spacial score (nSPS) is 11.8. The third kappa shape index (κ3) is 5.95. The van der Waals surface area contributed by atoms with Gasteiger partial charge >= 0.3 is 5.97 Å². The smallest absolute Gasteiger partial charge is 0.325 e. The molecule has 0 aromatic heterocycles. The van der Waals surface area contributed by atoms with Gasteiger partial charge in [0.2, 0.25) is 5.91 Å². The summed E-state index contributed by atoms with van der Waals surface area (Å²) in [6, 6.07) is 9.52. The summed E-state index contributed by atoms with van der Waals surface area (Å²) in [5.74, 6) is -0.460. The molecule has 0 saturated heterocycles. The molecule has 1 unspecified atom stereocenters. The lowest BCUT2D eigenvalue weighted by molar-refractivity contribution is -0.147. The van der Waals surface area contributed by atoms with Gasteiger partial charge in [-0.1, -0.05) is 37.3 Å². The highest BCUT2D eigenvalue weighted by Gasteiger charge is 2.18. The largest absolute Gasteiger partial charge is 0.468 e. The summed E-state index contributed by atoms with van der Waals surface area (Å²) >= 11 is 0. The van der Waals surface area contributed by atoms with Crippen LogP contribution in [0.5, 0.6) is 0 Å². The van der Waals surface area contributed by atoms with Crippen molar-refractivity contribution in [3.05, 3.63) is 35.9 Å². The second-order valence-electron chi connectivity index (χ2n) is 4.95. The van der Waals surface area contributed by atoms with Gasteiger partial charge in [0.15, 0.2) is 0 Å². The highest BCUT2D eigenvalue weighted by molar-refractivity contribution is 5.82. The summed E-state index contributed by atoms with van der Waals surface area (Å²) in [4.78, 5) is 25.0. The van der Waals surface area contributed by atoms with Gasteiger partial charge in [0.05, 0.1) is 7.11 Å². The van der Waals surface area contributed by atoms with E-state index in [2.05, 4.69) is 4.74 Å². The summed E-state index contributed by atoms with van der Waals surface area (Å²) in [6.07, 6.45) is 1.69. The Morgan fingerprint density at radius 1 is 1.29 bits per heavy atom. The number of nitrogens with two attached hydrogens (primary N) is 1. The van der Waals surface area contributed by atoms with Gasteiger partial charge in [-0.3, -0.25) is 9.59 Å². The number of ether oxygens (including phenoxy) is 1. The number of methoxy groups -OCH3 is 1. The number of rotatable bonds is 8. The number of carbonyl (C=O) groups is 2.